The Morgan fingerprint density at radius 2 is 1.13 bits per heavy atom. The van der Waals surface area contributed by atoms with Crippen LogP contribution in [0.4, 0.5) is 28.4 Å². The van der Waals surface area contributed by atoms with Crippen molar-refractivity contribution in [2.24, 2.45) is 30.7 Å². The first-order valence-electron chi connectivity index (χ1n) is 12.4. The fraction of sp³-hybridized carbons (Fsp3) is 0.233. The third-order valence-corrected chi connectivity index (χ3v) is 5.82. The normalized spacial score (nSPS) is 12.6. The molecule has 0 aromatic heterocycles. The number of carbonyl (C=O) groups excluding carboxylic acids is 1. The molecule has 0 amide bonds. The first kappa shape index (κ1) is 28.8. The number of allylic oxidation sites excluding steroid dienone is 4. The van der Waals surface area contributed by atoms with Gasteiger partial charge >= 0.3 is 5.97 Å². The molecule has 0 fully saturated rings. The van der Waals surface area contributed by atoms with Gasteiger partial charge in [-0.2, -0.15) is 30.7 Å². The van der Waals surface area contributed by atoms with Crippen molar-refractivity contribution >= 4 is 34.4 Å². The minimum absolute atomic E-state index is 0.367. The lowest BCUT2D eigenvalue weighted by Crippen LogP contribution is -2.07. The largest absolute Gasteiger partial charge is 0.427 e. The molecule has 0 spiro atoms. The highest BCUT2D eigenvalue weighted by molar-refractivity contribution is 5.69. The first-order valence-corrected chi connectivity index (χ1v) is 12.4. The van der Waals surface area contributed by atoms with E-state index in [4.69, 9.17) is 4.74 Å². The van der Waals surface area contributed by atoms with Crippen LogP contribution in [-0.4, -0.2) is 25.0 Å². The van der Waals surface area contributed by atoms with Crippen molar-refractivity contribution in [1.82, 2.24) is 4.90 Å². The molecule has 3 rings (SSSR count). The van der Waals surface area contributed by atoms with Crippen molar-refractivity contribution in [3.8, 4) is 5.75 Å². The maximum atomic E-state index is 11.0. The number of ether oxygens (including phenoxy) is 1. The number of esters is 1. The van der Waals surface area contributed by atoms with Crippen molar-refractivity contribution in [3.05, 3.63) is 95.3 Å². The molecule has 0 aliphatic carbocycles. The van der Waals surface area contributed by atoms with Crippen LogP contribution in [0.1, 0.15) is 31.9 Å². The molecule has 9 nitrogen and oxygen atoms in total. The van der Waals surface area contributed by atoms with Crippen LogP contribution in [0.3, 0.4) is 0 Å². The van der Waals surface area contributed by atoms with E-state index in [9.17, 15) is 4.79 Å². The molecule has 0 atom stereocenters. The van der Waals surface area contributed by atoms with E-state index in [1.54, 1.807) is 24.3 Å². The Bertz CT molecular complexity index is 1450. The number of hydrogen-bond donors (Lipinski definition) is 0. The maximum absolute atomic E-state index is 11.0. The van der Waals surface area contributed by atoms with Crippen LogP contribution in [0.2, 0.25) is 0 Å². The molecule has 3 aromatic rings. The summed E-state index contributed by atoms with van der Waals surface area (Å²) in [5.74, 6) is 0.0995. The Morgan fingerprint density at radius 1 is 0.667 bits per heavy atom. The maximum Gasteiger partial charge on any atom is 0.308 e. The van der Waals surface area contributed by atoms with Crippen molar-refractivity contribution in [2.75, 3.05) is 14.1 Å². The van der Waals surface area contributed by atoms with Crippen molar-refractivity contribution < 1.29 is 9.53 Å². The minimum Gasteiger partial charge on any atom is -0.427 e. The Balaban J connectivity index is 1.65. The molecular formula is C30H33N7O2. The Kier molecular flexibility index (Phi) is 10.1. The van der Waals surface area contributed by atoms with Crippen LogP contribution in [-0.2, 0) is 4.79 Å². The van der Waals surface area contributed by atoms with Crippen LogP contribution in [0.5, 0.6) is 5.75 Å². The van der Waals surface area contributed by atoms with Gasteiger partial charge in [-0.1, -0.05) is 0 Å². The number of rotatable bonds is 9. The molecule has 0 N–H and O–H groups in total. The monoisotopic (exact) mass is 523 g/mol. The van der Waals surface area contributed by atoms with Crippen LogP contribution in [0, 0.1) is 13.8 Å². The highest BCUT2D eigenvalue weighted by Crippen LogP contribution is 2.32. The summed E-state index contributed by atoms with van der Waals surface area (Å²) >= 11 is 0. The molecule has 0 aliphatic heterocycles. The van der Waals surface area contributed by atoms with Gasteiger partial charge in [-0.05, 0) is 112 Å². The second-order valence-electron chi connectivity index (χ2n) is 9.07. The minimum atomic E-state index is -0.367. The highest BCUT2D eigenvalue weighted by Gasteiger charge is 2.06. The molecular weight excluding hydrogens is 490 g/mol. The van der Waals surface area contributed by atoms with E-state index in [0.717, 1.165) is 39.6 Å². The molecule has 0 saturated heterocycles. The number of nitrogens with zero attached hydrogens (tertiary/aromatic N) is 7. The van der Waals surface area contributed by atoms with E-state index in [0.29, 0.717) is 17.1 Å². The quantitative estimate of drug-likeness (QED) is 0.121. The molecule has 3 aromatic carbocycles. The van der Waals surface area contributed by atoms with Gasteiger partial charge in [-0.25, -0.2) is 0 Å². The predicted octanol–water partition coefficient (Wildman–Crippen LogP) is 9.51. The Morgan fingerprint density at radius 3 is 1.59 bits per heavy atom. The van der Waals surface area contributed by atoms with Gasteiger partial charge in [0.05, 0.1) is 34.1 Å². The second kappa shape index (κ2) is 13.7. The molecule has 39 heavy (non-hydrogen) atoms. The van der Waals surface area contributed by atoms with E-state index < -0.39 is 0 Å². The molecule has 0 bridgehead atoms. The van der Waals surface area contributed by atoms with E-state index >= 15 is 0 Å². The summed E-state index contributed by atoms with van der Waals surface area (Å²) in [5, 5.41) is 26.0. The van der Waals surface area contributed by atoms with Gasteiger partial charge < -0.3 is 9.64 Å². The highest BCUT2D eigenvalue weighted by atomic mass is 16.5. The molecule has 0 heterocycles. The number of carbonyl (C=O) groups is 1. The van der Waals surface area contributed by atoms with Crippen LogP contribution in [0.25, 0.3) is 0 Å². The molecule has 200 valence electrons. The van der Waals surface area contributed by atoms with Crippen molar-refractivity contribution in [1.29, 1.82) is 0 Å². The number of benzene rings is 3. The van der Waals surface area contributed by atoms with Crippen LogP contribution >= 0.6 is 0 Å². The number of hydrogen-bond acceptors (Lipinski definition) is 9. The summed E-state index contributed by atoms with van der Waals surface area (Å²) in [6.45, 7) is 9.26. The predicted molar refractivity (Wildman–Crippen MR) is 154 cm³/mol. The van der Waals surface area contributed by atoms with Gasteiger partial charge in [0.1, 0.15) is 5.75 Å². The zero-order valence-corrected chi connectivity index (χ0v) is 23.4. The molecule has 9 heteroatoms. The average molecular weight is 524 g/mol. The second-order valence-corrected chi connectivity index (χ2v) is 9.07. The van der Waals surface area contributed by atoms with Gasteiger partial charge in [0, 0.05) is 26.7 Å². The summed E-state index contributed by atoms with van der Waals surface area (Å²) in [5.41, 5.74) is 7.45. The lowest BCUT2D eigenvalue weighted by atomic mass is 10.1. The van der Waals surface area contributed by atoms with E-state index in [1.807, 2.05) is 95.2 Å². The average Bonchev–Trinajstić information content (AvgIpc) is 2.91. The molecule has 0 radical (unpaired) electrons. The molecule has 0 unspecified atom stereocenters. The van der Waals surface area contributed by atoms with Gasteiger partial charge in [0.2, 0.25) is 0 Å². The summed E-state index contributed by atoms with van der Waals surface area (Å²) in [6, 6.07) is 18.0. The van der Waals surface area contributed by atoms with Gasteiger partial charge in [-0.3, -0.25) is 4.79 Å². The van der Waals surface area contributed by atoms with E-state index in [2.05, 4.69) is 30.7 Å². The first-order chi connectivity index (χ1) is 18.6. The topological polar surface area (TPSA) is 104 Å². The zero-order chi connectivity index (χ0) is 28.4. The fourth-order valence-corrected chi connectivity index (χ4v) is 3.12. The van der Waals surface area contributed by atoms with E-state index in [-0.39, 0.29) is 5.97 Å². The lowest BCUT2D eigenvalue weighted by Gasteiger charge is -2.10. The smallest absolute Gasteiger partial charge is 0.308 e. The Hall–Kier alpha value is -4.79. The van der Waals surface area contributed by atoms with Gasteiger partial charge in [0.15, 0.2) is 0 Å². The SMILES string of the molecule is CC(=O)Oc1ccc(N=Nc2ccc(N=Nc3ccc(N=N/C(C)=C/C=C(\C)N(C)C)cc3)c(C)c2C)cc1. The molecule has 0 aliphatic rings. The van der Waals surface area contributed by atoms with Gasteiger partial charge in [-0.15, -0.1) is 0 Å². The zero-order valence-electron chi connectivity index (χ0n) is 23.4. The lowest BCUT2D eigenvalue weighted by molar-refractivity contribution is -0.131. The third kappa shape index (κ3) is 8.92. The summed E-state index contributed by atoms with van der Waals surface area (Å²) in [7, 11) is 4.00. The summed E-state index contributed by atoms with van der Waals surface area (Å²) < 4.78 is 5.04. The van der Waals surface area contributed by atoms with Crippen LogP contribution < -0.4 is 4.74 Å². The van der Waals surface area contributed by atoms with Crippen LogP contribution in [0.15, 0.2) is 115 Å². The summed E-state index contributed by atoms with van der Waals surface area (Å²) in [4.78, 5) is 13.1. The van der Waals surface area contributed by atoms with Crippen molar-refractivity contribution in [3.63, 3.8) is 0 Å². The fourth-order valence-electron chi connectivity index (χ4n) is 3.12. The summed E-state index contributed by atoms with van der Waals surface area (Å²) in [6.07, 6.45) is 3.94. The van der Waals surface area contributed by atoms with Gasteiger partial charge in [0.25, 0.3) is 0 Å². The third-order valence-electron chi connectivity index (χ3n) is 5.82. The Labute approximate surface area is 229 Å². The van der Waals surface area contributed by atoms with Crippen molar-refractivity contribution in [2.45, 2.75) is 34.6 Å². The standard InChI is InChI=1S/C30H33N7O2/c1-20(8-9-21(2)37(6)7)31-32-25-10-12-26(13-11-25)33-35-29-18-19-30(23(4)22(29)3)36-34-27-14-16-28(17-15-27)39-24(5)38/h8-19H,1-7H3/b20-8+,21-9+,32-31?,35-33?,36-34?. The molecule has 0 saturated carbocycles. The number of azo groups is 3. The van der Waals surface area contributed by atoms with E-state index in [1.165, 1.54) is 6.92 Å².